The first kappa shape index (κ1) is 17.9. The zero-order valence-corrected chi connectivity index (χ0v) is 14.5. The zero-order valence-electron chi connectivity index (χ0n) is 12.9. The number of nitriles is 1. The van der Waals surface area contributed by atoms with E-state index in [4.69, 9.17) is 5.26 Å². The van der Waals surface area contributed by atoms with E-state index in [1.807, 2.05) is 6.07 Å². The molecule has 2 aromatic heterocycles. The fraction of sp³-hybridized carbons (Fsp3) is 0.214. The summed E-state index contributed by atoms with van der Waals surface area (Å²) in [5.74, 6) is -0.532. The van der Waals surface area contributed by atoms with E-state index in [0.717, 1.165) is 21.1 Å². The molecule has 0 fully saturated rings. The Labute approximate surface area is 142 Å². The number of nitrogens with one attached hydrogen (secondary N) is 1. The number of amides is 1. The smallest absolute Gasteiger partial charge is 0.251 e. The van der Waals surface area contributed by atoms with Crippen LogP contribution in [0.15, 0.2) is 39.5 Å². The Morgan fingerprint density at radius 3 is 2.71 bits per heavy atom. The molecular formula is C14H14N4O4S2. The fourth-order valence-electron chi connectivity index (χ4n) is 1.81. The highest BCUT2D eigenvalue weighted by Gasteiger charge is 2.19. The first-order valence-electron chi connectivity index (χ1n) is 6.66. The number of aromatic nitrogens is 1. The van der Waals surface area contributed by atoms with Crippen molar-refractivity contribution in [3.63, 3.8) is 0 Å². The molecular weight excluding hydrogens is 352 g/mol. The summed E-state index contributed by atoms with van der Waals surface area (Å²) in [6.07, 6.45) is 1.12. The SMILES string of the molecule is CN(C)S(=O)(=O)c1ccc(=O)n(CC(=O)Nc2sccc2C#N)c1. The number of sulfonamides is 1. The molecule has 8 nitrogen and oxygen atoms in total. The summed E-state index contributed by atoms with van der Waals surface area (Å²) in [5, 5.41) is 13.5. The van der Waals surface area contributed by atoms with Gasteiger partial charge in [-0.05, 0) is 17.5 Å². The quantitative estimate of drug-likeness (QED) is 0.836. The molecule has 2 rings (SSSR count). The van der Waals surface area contributed by atoms with Crippen LogP contribution in [0.1, 0.15) is 5.56 Å². The number of hydrogen-bond acceptors (Lipinski definition) is 6. The van der Waals surface area contributed by atoms with Gasteiger partial charge in [-0.1, -0.05) is 0 Å². The molecule has 0 aliphatic carbocycles. The average molecular weight is 366 g/mol. The van der Waals surface area contributed by atoms with Crippen LogP contribution in [-0.2, 0) is 21.4 Å². The number of pyridine rings is 1. The molecule has 1 N–H and O–H groups in total. The number of thiophene rings is 1. The van der Waals surface area contributed by atoms with Gasteiger partial charge in [-0.3, -0.25) is 9.59 Å². The van der Waals surface area contributed by atoms with Gasteiger partial charge in [0.2, 0.25) is 15.9 Å². The molecule has 1 amide bonds. The Hall–Kier alpha value is -2.48. The molecule has 0 unspecified atom stereocenters. The lowest BCUT2D eigenvalue weighted by Crippen LogP contribution is -2.29. The van der Waals surface area contributed by atoms with Crippen molar-refractivity contribution >= 4 is 32.3 Å². The van der Waals surface area contributed by atoms with Gasteiger partial charge in [0, 0.05) is 26.4 Å². The average Bonchev–Trinajstić information content (AvgIpc) is 2.96. The Bertz CT molecular complexity index is 967. The van der Waals surface area contributed by atoms with Crippen LogP contribution in [-0.4, -0.2) is 37.3 Å². The van der Waals surface area contributed by atoms with Crippen LogP contribution in [0.2, 0.25) is 0 Å². The van der Waals surface area contributed by atoms with E-state index in [1.165, 1.54) is 31.5 Å². The second-order valence-electron chi connectivity index (χ2n) is 4.94. The van der Waals surface area contributed by atoms with Gasteiger partial charge in [0.25, 0.3) is 5.56 Å². The number of rotatable bonds is 5. The van der Waals surface area contributed by atoms with Gasteiger partial charge in [-0.2, -0.15) is 5.26 Å². The van der Waals surface area contributed by atoms with Crippen LogP contribution in [0.5, 0.6) is 0 Å². The van der Waals surface area contributed by atoms with E-state index in [0.29, 0.717) is 10.6 Å². The number of hydrogen-bond donors (Lipinski definition) is 1. The van der Waals surface area contributed by atoms with Crippen LogP contribution >= 0.6 is 11.3 Å². The molecule has 10 heteroatoms. The molecule has 0 aliphatic rings. The van der Waals surface area contributed by atoms with Crippen molar-refractivity contribution in [2.24, 2.45) is 0 Å². The summed E-state index contributed by atoms with van der Waals surface area (Å²) >= 11 is 1.18. The van der Waals surface area contributed by atoms with Gasteiger partial charge in [0.1, 0.15) is 17.6 Å². The van der Waals surface area contributed by atoms with E-state index < -0.39 is 21.5 Å². The van der Waals surface area contributed by atoms with Crippen molar-refractivity contribution in [1.82, 2.24) is 8.87 Å². The third-order valence-corrected chi connectivity index (χ3v) is 5.72. The molecule has 0 aliphatic heterocycles. The summed E-state index contributed by atoms with van der Waals surface area (Å²) in [6, 6.07) is 5.79. The normalized spacial score (nSPS) is 11.2. The summed E-state index contributed by atoms with van der Waals surface area (Å²) in [7, 11) is -0.966. The molecule has 126 valence electrons. The first-order chi connectivity index (χ1) is 11.3. The predicted molar refractivity (Wildman–Crippen MR) is 89.2 cm³/mol. The second kappa shape index (κ2) is 6.96. The maximum absolute atomic E-state index is 12.1. The van der Waals surface area contributed by atoms with Crippen molar-refractivity contribution in [2.45, 2.75) is 11.4 Å². The van der Waals surface area contributed by atoms with Gasteiger partial charge in [0.05, 0.1) is 10.5 Å². The number of anilines is 1. The molecule has 0 saturated carbocycles. The van der Waals surface area contributed by atoms with E-state index in [1.54, 1.807) is 11.4 Å². The van der Waals surface area contributed by atoms with Crippen LogP contribution in [0.3, 0.4) is 0 Å². The van der Waals surface area contributed by atoms with E-state index >= 15 is 0 Å². The fourth-order valence-corrected chi connectivity index (χ4v) is 3.49. The van der Waals surface area contributed by atoms with Gasteiger partial charge < -0.3 is 9.88 Å². The van der Waals surface area contributed by atoms with E-state index in [-0.39, 0.29) is 11.4 Å². The van der Waals surface area contributed by atoms with Crippen molar-refractivity contribution < 1.29 is 13.2 Å². The van der Waals surface area contributed by atoms with Crippen LogP contribution in [0, 0.1) is 11.3 Å². The van der Waals surface area contributed by atoms with Crippen molar-refractivity contribution in [1.29, 1.82) is 5.26 Å². The third-order valence-electron chi connectivity index (χ3n) is 3.09. The predicted octanol–water partition coefficient (Wildman–Crippen LogP) is 0.670. The molecule has 0 radical (unpaired) electrons. The Morgan fingerprint density at radius 2 is 2.08 bits per heavy atom. The highest BCUT2D eigenvalue weighted by Crippen LogP contribution is 2.22. The summed E-state index contributed by atoms with van der Waals surface area (Å²) in [6.45, 7) is -0.363. The Balaban J connectivity index is 2.25. The topological polar surface area (TPSA) is 112 Å². The lowest BCUT2D eigenvalue weighted by Gasteiger charge is -2.13. The van der Waals surface area contributed by atoms with Gasteiger partial charge in [-0.15, -0.1) is 11.3 Å². The molecule has 0 aromatic carbocycles. The minimum absolute atomic E-state index is 0.0891. The molecule has 0 atom stereocenters. The lowest BCUT2D eigenvalue weighted by atomic mass is 10.3. The van der Waals surface area contributed by atoms with Crippen molar-refractivity contribution in [3.8, 4) is 6.07 Å². The van der Waals surface area contributed by atoms with Gasteiger partial charge in [-0.25, -0.2) is 12.7 Å². The Morgan fingerprint density at radius 1 is 1.38 bits per heavy atom. The number of carbonyl (C=O) groups is 1. The maximum atomic E-state index is 12.1. The minimum Gasteiger partial charge on any atom is -0.315 e. The minimum atomic E-state index is -3.71. The molecule has 0 spiro atoms. The van der Waals surface area contributed by atoms with Gasteiger partial charge in [0.15, 0.2) is 0 Å². The van der Waals surface area contributed by atoms with Crippen LogP contribution in [0.25, 0.3) is 0 Å². The van der Waals surface area contributed by atoms with Crippen LogP contribution in [0.4, 0.5) is 5.00 Å². The van der Waals surface area contributed by atoms with Crippen LogP contribution < -0.4 is 10.9 Å². The molecule has 2 heterocycles. The highest BCUT2D eigenvalue weighted by atomic mass is 32.2. The first-order valence-corrected chi connectivity index (χ1v) is 8.98. The largest absolute Gasteiger partial charge is 0.315 e. The maximum Gasteiger partial charge on any atom is 0.251 e. The van der Waals surface area contributed by atoms with E-state index in [2.05, 4.69) is 5.32 Å². The molecule has 0 saturated heterocycles. The molecule has 0 bridgehead atoms. The van der Waals surface area contributed by atoms with Crippen molar-refractivity contribution in [3.05, 3.63) is 45.7 Å². The van der Waals surface area contributed by atoms with Gasteiger partial charge >= 0.3 is 0 Å². The number of carbonyl (C=O) groups excluding carboxylic acids is 1. The molecule has 24 heavy (non-hydrogen) atoms. The highest BCUT2D eigenvalue weighted by molar-refractivity contribution is 7.89. The Kier molecular flexibility index (Phi) is 5.18. The standard InChI is InChI=1S/C14H14N4O4S2/c1-17(2)24(21,22)11-3-4-13(20)18(8-11)9-12(19)16-14-10(7-15)5-6-23-14/h3-6,8H,9H2,1-2H3,(H,16,19). The van der Waals surface area contributed by atoms with Crippen molar-refractivity contribution in [2.75, 3.05) is 19.4 Å². The van der Waals surface area contributed by atoms with E-state index in [9.17, 15) is 18.0 Å². The zero-order chi connectivity index (χ0) is 17.9. The monoisotopic (exact) mass is 366 g/mol. The summed E-state index contributed by atoms with van der Waals surface area (Å²) in [5.41, 5.74) is -0.181. The molecule has 2 aromatic rings. The summed E-state index contributed by atoms with van der Waals surface area (Å²) < 4.78 is 26.2. The second-order valence-corrected chi connectivity index (χ2v) is 8.01. The third kappa shape index (κ3) is 3.70. The lowest BCUT2D eigenvalue weighted by molar-refractivity contribution is -0.116. The summed E-state index contributed by atoms with van der Waals surface area (Å²) in [4.78, 5) is 23.8. The number of nitrogens with zero attached hydrogens (tertiary/aromatic N) is 3.